The predicted octanol–water partition coefficient (Wildman–Crippen LogP) is 2.39. The summed E-state index contributed by atoms with van der Waals surface area (Å²) in [4.78, 5) is 6.07. The number of rotatable bonds is 2. The highest BCUT2D eigenvalue weighted by molar-refractivity contribution is 5.78. The second kappa shape index (κ2) is 3.77. The quantitative estimate of drug-likeness (QED) is 0.787. The molecule has 4 nitrogen and oxygen atoms in total. The molecule has 0 fully saturated rings. The van der Waals surface area contributed by atoms with Gasteiger partial charge in [0.25, 0.3) is 0 Å². The maximum Gasteiger partial charge on any atom is 0.114 e. The predicted molar refractivity (Wildman–Crippen MR) is 65.9 cm³/mol. The minimum Gasteiger partial charge on any atom is -0.323 e. The number of pyridine rings is 1. The van der Waals surface area contributed by atoms with Crippen LogP contribution in [0.3, 0.4) is 0 Å². The molecule has 0 bridgehead atoms. The van der Waals surface area contributed by atoms with Crippen LogP contribution in [-0.2, 0) is 0 Å². The van der Waals surface area contributed by atoms with Gasteiger partial charge in [0, 0.05) is 5.69 Å². The SMILES string of the molecule is CC(C)c1ccc2c(n1)c(C(C)C)nn2N. The smallest absolute Gasteiger partial charge is 0.114 e. The zero-order valence-corrected chi connectivity index (χ0v) is 10.2. The van der Waals surface area contributed by atoms with Crippen LogP contribution in [0.15, 0.2) is 12.1 Å². The van der Waals surface area contributed by atoms with Crippen LogP contribution in [0.4, 0.5) is 0 Å². The van der Waals surface area contributed by atoms with Crippen LogP contribution in [0.1, 0.15) is 50.9 Å². The van der Waals surface area contributed by atoms with Crippen molar-refractivity contribution < 1.29 is 0 Å². The van der Waals surface area contributed by atoms with E-state index in [2.05, 4.69) is 37.8 Å². The van der Waals surface area contributed by atoms with Gasteiger partial charge in [0.1, 0.15) is 11.0 Å². The van der Waals surface area contributed by atoms with E-state index in [4.69, 9.17) is 5.84 Å². The number of nitrogens with zero attached hydrogens (tertiary/aromatic N) is 3. The lowest BCUT2D eigenvalue weighted by Crippen LogP contribution is -2.10. The molecule has 0 aliphatic heterocycles. The topological polar surface area (TPSA) is 56.7 Å². The van der Waals surface area contributed by atoms with Gasteiger partial charge in [-0.2, -0.15) is 9.89 Å². The number of nitrogen functional groups attached to an aromatic ring is 1. The van der Waals surface area contributed by atoms with Crippen molar-refractivity contribution in [1.82, 2.24) is 14.9 Å². The molecule has 0 radical (unpaired) electrons. The van der Waals surface area contributed by atoms with E-state index >= 15 is 0 Å². The molecule has 0 atom stereocenters. The maximum absolute atomic E-state index is 5.81. The van der Waals surface area contributed by atoms with E-state index in [1.54, 1.807) is 0 Å². The highest BCUT2D eigenvalue weighted by Gasteiger charge is 2.14. The summed E-state index contributed by atoms with van der Waals surface area (Å²) in [5.74, 6) is 6.56. The monoisotopic (exact) mass is 218 g/mol. The van der Waals surface area contributed by atoms with E-state index in [0.717, 1.165) is 22.4 Å². The lowest BCUT2D eigenvalue weighted by molar-refractivity contribution is 0.759. The molecule has 0 aliphatic rings. The van der Waals surface area contributed by atoms with Gasteiger partial charge in [-0.05, 0) is 24.0 Å². The molecule has 0 spiro atoms. The minimum atomic E-state index is 0.335. The molecular weight excluding hydrogens is 200 g/mol. The van der Waals surface area contributed by atoms with E-state index in [1.807, 2.05) is 12.1 Å². The molecule has 2 aromatic heterocycles. The fraction of sp³-hybridized carbons (Fsp3) is 0.500. The number of fused-ring (bicyclic) bond motifs is 1. The number of hydrogen-bond donors (Lipinski definition) is 1. The van der Waals surface area contributed by atoms with Crippen LogP contribution < -0.4 is 5.84 Å². The zero-order valence-electron chi connectivity index (χ0n) is 10.2. The molecule has 0 saturated carbocycles. The van der Waals surface area contributed by atoms with Gasteiger partial charge in [0.15, 0.2) is 0 Å². The van der Waals surface area contributed by atoms with Crippen LogP contribution in [-0.4, -0.2) is 14.9 Å². The zero-order chi connectivity index (χ0) is 11.9. The molecule has 4 heteroatoms. The second-order valence-corrected chi connectivity index (χ2v) is 4.74. The van der Waals surface area contributed by atoms with Gasteiger partial charge in [-0.15, -0.1) is 0 Å². The molecule has 86 valence electrons. The summed E-state index contributed by atoms with van der Waals surface area (Å²) < 4.78 is 0. The van der Waals surface area contributed by atoms with Crippen LogP contribution >= 0.6 is 0 Å². The van der Waals surface area contributed by atoms with Gasteiger partial charge in [-0.3, -0.25) is 0 Å². The van der Waals surface area contributed by atoms with Gasteiger partial charge in [-0.1, -0.05) is 27.7 Å². The molecule has 0 amide bonds. The Bertz CT molecular complexity index is 511. The molecule has 0 saturated heterocycles. The Morgan fingerprint density at radius 2 is 1.81 bits per heavy atom. The highest BCUT2D eigenvalue weighted by Crippen LogP contribution is 2.24. The van der Waals surface area contributed by atoms with Crippen molar-refractivity contribution in [3.8, 4) is 0 Å². The summed E-state index contributed by atoms with van der Waals surface area (Å²) in [6, 6.07) is 4.01. The van der Waals surface area contributed by atoms with E-state index in [1.165, 1.54) is 4.79 Å². The summed E-state index contributed by atoms with van der Waals surface area (Å²) in [5.41, 5.74) is 3.89. The number of nitrogens with two attached hydrogens (primary N) is 1. The molecule has 2 N–H and O–H groups in total. The fourth-order valence-corrected chi connectivity index (χ4v) is 1.77. The summed E-state index contributed by atoms with van der Waals surface area (Å²) >= 11 is 0. The first-order chi connectivity index (χ1) is 7.50. The maximum atomic E-state index is 5.81. The van der Waals surface area contributed by atoms with Crippen molar-refractivity contribution in [2.45, 2.75) is 39.5 Å². The average Bonchev–Trinajstić information content (AvgIpc) is 2.56. The molecule has 0 aliphatic carbocycles. The number of aromatic nitrogens is 3. The minimum absolute atomic E-state index is 0.335. The van der Waals surface area contributed by atoms with Gasteiger partial charge in [0.05, 0.1) is 5.69 Å². The van der Waals surface area contributed by atoms with Gasteiger partial charge in [-0.25, -0.2) is 4.98 Å². The first-order valence-corrected chi connectivity index (χ1v) is 5.65. The molecule has 0 aromatic carbocycles. The van der Waals surface area contributed by atoms with Crippen molar-refractivity contribution in [2.75, 3.05) is 5.84 Å². The molecule has 16 heavy (non-hydrogen) atoms. The second-order valence-electron chi connectivity index (χ2n) is 4.74. The molecular formula is C12H18N4. The third kappa shape index (κ3) is 1.64. The highest BCUT2D eigenvalue weighted by atomic mass is 15.5. The van der Waals surface area contributed by atoms with Gasteiger partial charge < -0.3 is 5.84 Å². The van der Waals surface area contributed by atoms with Crippen molar-refractivity contribution in [2.24, 2.45) is 0 Å². The first kappa shape index (κ1) is 10.9. The summed E-state index contributed by atoms with van der Waals surface area (Å²) in [5, 5.41) is 4.32. The van der Waals surface area contributed by atoms with Crippen molar-refractivity contribution in [3.05, 3.63) is 23.5 Å². The Morgan fingerprint density at radius 1 is 1.12 bits per heavy atom. The van der Waals surface area contributed by atoms with E-state index in [9.17, 15) is 0 Å². The first-order valence-electron chi connectivity index (χ1n) is 5.65. The Kier molecular flexibility index (Phi) is 2.58. The van der Waals surface area contributed by atoms with Crippen molar-refractivity contribution in [3.63, 3.8) is 0 Å². The Balaban J connectivity index is 2.69. The summed E-state index contributed by atoms with van der Waals surface area (Å²) in [7, 11) is 0. The van der Waals surface area contributed by atoms with E-state index in [-0.39, 0.29) is 0 Å². The summed E-state index contributed by atoms with van der Waals surface area (Å²) in [6.07, 6.45) is 0. The van der Waals surface area contributed by atoms with E-state index in [0.29, 0.717) is 11.8 Å². The average molecular weight is 218 g/mol. The number of hydrogen-bond acceptors (Lipinski definition) is 3. The van der Waals surface area contributed by atoms with E-state index < -0.39 is 0 Å². The lowest BCUT2D eigenvalue weighted by Gasteiger charge is -2.05. The van der Waals surface area contributed by atoms with Crippen molar-refractivity contribution in [1.29, 1.82) is 0 Å². The lowest BCUT2D eigenvalue weighted by atomic mass is 10.1. The van der Waals surface area contributed by atoms with Gasteiger partial charge >= 0.3 is 0 Å². The molecule has 0 unspecified atom stereocenters. The molecule has 2 aromatic rings. The third-order valence-electron chi connectivity index (χ3n) is 2.74. The third-order valence-corrected chi connectivity index (χ3v) is 2.74. The molecule has 2 rings (SSSR count). The Hall–Kier alpha value is -1.58. The molecule has 2 heterocycles. The summed E-state index contributed by atoms with van der Waals surface area (Å²) in [6.45, 7) is 8.48. The van der Waals surface area contributed by atoms with Crippen LogP contribution in [0.2, 0.25) is 0 Å². The fourth-order valence-electron chi connectivity index (χ4n) is 1.77. The van der Waals surface area contributed by atoms with Crippen LogP contribution in [0.25, 0.3) is 11.0 Å². The standard InChI is InChI=1S/C12H18N4/c1-7(2)9-5-6-10-12(14-9)11(8(3)4)15-16(10)13/h5-8H,13H2,1-4H3. The Labute approximate surface area is 95.4 Å². The van der Waals surface area contributed by atoms with Gasteiger partial charge in [0.2, 0.25) is 0 Å². The van der Waals surface area contributed by atoms with Crippen LogP contribution in [0.5, 0.6) is 0 Å². The van der Waals surface area contributed by atoms with Crippen LogP contribution in [0, 0.1) is 0 Å². The Morgan fingerprint density at radius 3 is 2.38 bits per heavy atom. The normalized spacial score (nSPS) is 11.9. The van der Waals surface area contributed by atoms with Crippen molar-refractivity contribution >= 4 is 11.0 Å². The largest absolute Gasteiger partial charge is 0.323 e.